The summed E-state index contributed by atoms with van der Waals surface area (Å²) in [6.45, 7) is 3.62. The molecule has 1 aliphatic heterocycles. The lowest BCUT2D eigenvalue weighted by Crippen LogP contribution is -2.34. The lowest BCUT2D eigenvalue weighted by molar-refractivity contribution is 0.0876. The zero-order chi connectivity index (χ0) is 15.6. The fourth-order valence-corrected chi connectivity index (χ4v) is 4.19. The molecule has 120 valence electrons. The number of fused-ring (bicyclic) bond motifs is 4. The second kappa shape index (κ2) is 4.84. The summed E-state index contributed by atoms with van der Waals surface area (Å²) >= 11 is 0. The van der Waals surface area contributed by atoms with Gasteiger partial charge in [0, 0.05) is 34.7 Å². The average molecular weight is 311 g/mol. The van der Waals surface area contributed by atoms with Crippen LogP contribution >= 0.6 is 0 Å². The van der Waals surface area contributed by atoms with Crippen LogP contribution in [0.2, 0.25) is 0 Å². The Bertz CT molecular complexity index is 863. The first-order valence-electron chi connectivity index (χ1n) is 8.70. The Morgan fingerprint density at radius 3 is 2.74 bits per heavy atom. The molecule has 1 aromatic heterocycles. The lowest BCUT2D eigenvalue weighted by atomic mass is 9.89. The van der Waals surface area contributed by atoms with Gasteiger partial charge in [0.1, 0.15) is 18.1 Å². The van der Waals surface area contributed by atoms with Crippen LogP contribution in [0.15, 0.2) is 15.3 Å². The molecule has 3 aliphatic rings. The molecule has 4 nitrogen and oxygen atoms in total. The van der Waals surface area contributed by atoms with E-state index in [2.05, 4.69) is 11.0 Å². The molecular weight excluding hydrogens is 290 g/mol. The number of ether oxygens (including phenoxy) is 1. The second-order valence-corrected chi connectivity index (χ2v) is 7.17. The van der Waals surface area contributed by atoms with Gasteiger partial charge in [-0.2, -0.15) is 0 Å². The summed E-state index contributed by atoms with van der Waals surface area (Å²) < 4.78 is 11.7. The lowest BCUT2D eigenvalue weighted by Gasteiger charge is -2.30. The first-order valence-corrected chi connectivity index (χ1v) is 8.70. The molecule has 0 radical (unpaired) electrons. The average Bonchev–Trinajstić information content (AvgIpc) is 3.41. The van der Waals surface area contributed by atoms with Gasteiger partial charge in [-0.3, -0.25) is 4.90 Å². The van der Waals surface area contributed by atoms with Gasteiger partial charge in [0.25, 0.3) is 0 Å². The Kier molecular flexibility index (Phi) is 2.87. The van der Waals surface area contributed by atoms with Crippen LogP contribution in [0.4, 0.5) is 0 Å². The Morgan fingerprint density at radius 2 is 1.96 bits per heavy atom. The molecule has 0 atom stereocenters. The van der Waals surface area contributed by atoms with Crippen molar-refractivity contribution in [3.8, 4) is 5.75 Å². The molecule has 1 saturated carbocycles. The van der Waals surface area contributed by atoms with Crippen molar-refractivity contribution in [2.45, 2.75) is 58.0 Å². The van der Waals surface area contributed by atoms with Crippen LogP contribution in [-0.2, 0) is 19.4 Å². The first-order chi connectivity index (χ1) is 11.2. The summed E-state index contributed by atoms with van der Waals surface area (Å²) in [4.78, 5) is 14.7. The summed E-state index contributed by atoms with van der Waals surface area (Å²) in [5, 5.41) is 1.14. The van der Waals surface area contributed by atoms with E-state index < -0.39 is 0 Å². The molecule has 1 fully saturated rings. The SMILES string of the molecule is Cc1c2c(cc3c4c(c(=O)oc13)CCCC4)CN(C1CC1)CO2. The van der Waals surface area contributed by atoms with Crippen molar-refractivity contribution >= 4 is 11.0 Å². The molecule has 0 N–H and O–H groups in total. The summed E-state index contributed by atoms with van der Waals surface area (Å²) in [6.07, 6.45) is 6.67. The van der Waals surface area contributed by atoms with Gasteiger partial charge >= 0.3 is 5.63 Å². The maximum atomic E-state index is 12.3. The molecule has 4 heteroatoms. The molecule has 23 heavy (non-hydrogen) atoms. The van der Waals surface area contributed by atoms with Crippen molar-refractivity contribution < 1.29 is 9.15 Å². The zero-order valence-electron chi connectivity index (χ0n) is 13.5. The quantitative estimate of drug-likeness (QED) is 0.758. The van der Waals surface area contributed by atoms with Crippen LogP contribution in [0, 0.1) is 6.92 Å². The van der Waals surface area contributed by atoms with Crippen LogP contribution in [0.3, 0.4) is 0 Å². The van der Waals surface area contributed by atoms with Gasteiger partial charge in [-0.05, 0) is 57.1 Å². The Labute approximate surface area is 135 Å². The molecule has 0 spiro atoms. The van der Waals surface area contributed by atoms with Gasteiger partial charge in [0.2, 0.25) is 0 Å². The van der Waals surface area contributed by atoms with E-state index in [4.69, 9.17) is 9.15 Å². The van der Waals surface area contributed by atoms with Gasteiger partial charge in [0.15, 0.2) is 0 Å². The fraction of sp³-hybridized carbons (Fsp3) is 0.526. The first kappa shape index (κ1) is 13.6. The van der Waals surface area contributed by atoms with Crippen molar-refractivity contribution in [1.82, 2.24) is 4.90 Å². The Balaban J connectivity index is 1.73. The minimum atomic E-state index is -0.148. The third kappa shape index (κ3) is 2.04. The maximum Gasteiger partial charge on any atom is 0.339 e. The van der Waals surface area contributed by atoms with E-state index in [0.29, 0.717) is 12.8 Å². The predicted molar refractivity (Wildman–Crippen MR) is 87.9 cm³/mol. The van der Waals surface area contributed by atoms with Crippen LogP contribution < -0.4 is 10.4 Å². The third-order valence-electron chi connectivity index (χ3n) is 5.58. The van der Waals surface area contributed by atoms with E-state index in [-0.39, 0.29) is 5.63 Å². The number of hydrogen-bond acceptors (Lipinski definition) is 4. The molecule has 2 aromatic rings. The molecule has 0 bridgehead atoms. The highest BCUT2D eigenvalue weighted by Gasteiger charge is 2.33. The highest BCUT2D eigenvalue weighted by molar-refractivity contribution is 5.87. The van der Waals surface area contributed by atoms with E-state index in [9.17, 15) is 4.79 Å². The maximum absolute atomic E-state index is 12.3. The van der Waals surface area contributed by atoms with Crippen LogP contribution in [0.25, 0.3) is 11.0 Å². The highest BCUT2D eigenvalue weighted by Crippen LogP contribution is 2.40. The van der Waals surface area contributed by atoms with E-state index in [0.717, 1.165) is 60.1 Å². The third-order valence-corrected chi connectivity index (χ3v) is 5.58. The van der Waals surface area contributed by atoms with Crippen molar-refractivity contribution in [2.24, 2.45) is 0 Å². The van der Waals surface area contributed by atoms with Crippen molar-refractivity contribution in [3.63, 3.8) is 0 Å². The van der Waals surface area contributed by atoms with E-state index in [1.165, 1.54) is 24.0 Å². The monoisotopic (exact) mass is 311 g/mol. The van der Waals surface area contributed by atoms with Gasteiger partial charge in [0.05, 0.1) is 0 Å². The summed E-state index contributed by atoms with van der Waals surface area (Å²) in [5.41, 5.74) is 4.93. The molecule has 1 aromatic carbocycles. The molecular formula is C19H21NO3. The van der Waals surface area contributed by atoms with Crippen molar-refractivity contribution in [1.29, 1.82) is 0 Å². The normalized spacial score (nSPS) is 20.9. The smallest absolute Gasteiger partial charge is 0.339 e. The number of aryl methyl sites for hydroxylation is 2. The van der Waals surface area contributed by atoms with Crippen LogP contribution in [0.5, 0.6) is 5.75 Å². The molecule has 5 rings (SSSR count). The highest BCUT2D eigenvalue weighted by atomic mass is 16.5. The van der Waals surface area contributed by atoms with Gasteiger partial charge in [-0.15, -0.1) is 0 Å². The fourth-order valence-electron chi connectivity index (χ4n) is 4.19. The minimum absolute atomic E-state index is 0.148. The van der Waals surface area contributed by atoms with Gasteiger partial charge in [-0.1, -0.05) is 0 Å². The molecule has 0 unspecified atom stereocenters. The van der Waals surface area contributed by atoms with Gasteiger partial charge < -0.3 is 9.15 Å². The number of benzene rings is 1. The molecule has 0 amide bonds. The number of rotatable bonds is 1. The predicted octanol–water partition coefficient (Wildman–Crippen LogP) is 3.29. The van der Waals surface area contributed by atoms with E-state index >= 15 is 0 Å². The topological polar surface area (TPSA) is 42.7 Å². The number of hydrogen-bond donors (Lipinski definition) is 0. The second-order valence-electron chi connectivity index (χ2n) is 7.17. The summed E-state index contributed by atoms with van der Waals surface area (Å²) in [6, 6.07) is 2.92. The Morgan fingerprint density at radius 1 is 1.17 bits per heavy atom. The van der Waals surface area contributed by atoms with E-state index in [1.54, 1.807) is 0 Å². The van der Waals surface area contributed by atoms with Crippen LogP contribution in [0.1, 0.15) is 47.9 Å². The Hall–Kier alpha value is -1.81. The van der Waals surface area contributed by atoms with Crippen molar-refractivity contribution in [2.75, 3.05) is 6.73 Å². The van der Waals surface area contributed by atoms with E-state index in [1.807, 2.05) is 6.92 Å². The molecule has 0 saturated heterocycles. The van der Waals surface area contributed by atoms with Crippen molar-refractivity contribution in [3.05, 3.63) is 38.7 Å². The molecule has 2 aliphatic carbocycles. The standard InChI is InChI=1S/C19H21NO3/c1-11-17-12(9-20(10-22-17)13-6-7-13)8-16-14-4-2-3-5-15(14)19(21)23-18(11)16/h8,13H,2-7,9-10H2,1H3. The largest absolute Gasteiger partial charge is 0.477 e. The summed E-state index contributed by atoms with van der Waals surface area (Å²) in [5.74, 6) is 0.924. The zero-order valence-corrected chi connectivity index (χ0v) is 13.5. The van der Waals surface area contributed by atoms with Gasteiger partial charge in [-0.25, -0.2) is 4.79 Å². The minimum Gasteiger partial charge on any atom is -0.477 e. The molecule has 2 heterocycles. The summed E-state index contributed by atoms with van der Waals surface area (Å²) in [7, 11) is 0. The van der Waals surface area contributed by atoms with Crippen LogP contribution in [-0.4, -0.2) is 17.7 Å². The number of nitrogens with zero attached hydrogens (tertiary/aromatic N) is 1.